The van der Waals surface area contributed by atoms with E-state index in [4.69, 9.17) is 4.74 Å². The minimum atomic E-state index is -3.56. The van der Waals surface area contributed by atoms with Gasteiger partial charge in [-0.25, -0.2) is 13.2 Å². The lowest BCUT2D eigenvalue weighted by atomic mass is 10.0. The minimum Gasteiger partial charge on any atom is -0.449 e. The number of hydrogen-bond acceptors (Lipinski definition) is 5. The van der Waals surface area contributed by atoms with Gasteiger partial charge in [-0.1, -0.05) is 6.92 Å². The smallest absolute Gasteiger partial charge is 0.338 e. The van der Waals surface area contributed by atoms with Gasteiger partial charge >= 0.3 is 5.97 Å². The Morgan fingerprint density at radius 1 is 1.11 bits per heavy atom. The van der Waals surface area contributed by atoms with Crippen LogP contribution in [0.3, 0.4) is 0 Å². The number of ether oxygens (including phenoxy) is 1. The zero-order valence-electron chi connectivity index (χ0n) is 16.3. The standard InChI is InChI=1S/C19H28N2O5S/c1-13(2)20-18(22)15(4)26-19(23)16-5-7-17(8-6-16)27(24,25)21-11-9-14(3)10-12-21/h5-8,13-15H,9-12H2,1-4H3,(H,20,22)/t15-/m0/s1. The van der Waals surface area contributed by atoms with Crippen molar-refractivity contribution in [2.45, 2.75) is 57.6 Å². The van der Waals surface area contributed by atoms with Gasteiger partial charge in [0, 0.05) is 19.1 Å². The molecule has 1 amide bonds. The van der Waals surface area contributed by atoms with E-state index >= 15 is 0 Å². The maximum atomic E-state index is 12.7. The summed E-state index contributed by atoms with van der Waals surface area (Å²) in [5, 5.41) is 2.67. The van der Waals surface area contributed by atoms with Gasteiger partial charge in [-0.3, -0.25) is 4.79 Å². The van der Waals surface area contributed by atoms with E-state index in [2.05, 4.69) is 12.2 Å². The molecule has 1 heterocycles. The van der Waals surface area contributed by atoms with E-state index in [-0.39, 0.29) is 22.4 Å². The lowest BCUT2D eigenvalue weighted by Crippen LogP contribution is -2.39. The van der Waals surface area contributed by atoms with Crippen molar-refractivity contribution in [1.82, 2.24) is 9.62 Å². The monoisotopic (exact) mass is 396 g/mol. The van der Waals surface area contributed by atoms with Gasteiger partial charge in [0.2, 0.25) is 10.0 Å². The summed E-state index contributed by atoms with van der Waals surface area (Å²) in [5.74, 6) is -0.516. The van der Waals surface area contributed by atoms with E-state index < -0.39 is 22.1 Å². The molecule has 7 nitrogen and oxygen atoms in total. The summed E-state index contributed by atoms with van der Waals surface area (Å²) in [7, 11) is -3.56. The van der Waals surface area contributed by atoms with Crippen LogP contribution in [0.1, 0.15) is 50.9 Å². The van der Waals surface area contributed by atoms with E-state index in [1.165, 1.54) is 35.5 Å². The Morgan fingerprint density at radius 2 is 1.67 bits per heavy atom. The summed E-state index contributed by atoms with van der Waals surface area (Å²) in [6, 6.07) is 5.58. The molecule has 150 valence electrons. The van der Waals surface area contributed by atoms with Gasteiger partial charge in [0.05, 0.1) is 10.5 Å². The predicted octanol–water partition coefficient (Wildman–Crippen LogP) is 2.18. The maximum Gasteiger partial charge on any atom is 0.338 e. The molecule has 1 atom stereocenters. The zero-order valence-corrected chi connectivity index (χ0v) is 17.1. The molecule has 0 aromatic heterocycles. The maximum absolute atomic E-state index is 12.7. The van der Waals surface area contributed by atoms with Crippen molar-refractivity contribution in [2.75, 3.05) is 13.1 Å². The molecule has 0 bridgehead atoms. The largest absolute Gasteiger partial charge is 0.449 e. The van der Waals surface area contributed by atoms with Crippen molar-refractivity contribution in [2.24, 2.45) is 5.92 Å². The molecule has 1 saturated heterocycles. The van der Waals surface area contributed by atoms with Crippen molar-refractivity contribution < 1.29 is 22.7 Å². The first-order valence-electron chi connectivity index (χ1n) is 9.23. The van der Waals surface area contributed by atoms with Crippen LogP contribution in [0.4, 0.5) is 0 Å². The van der Waals surface area contributed by atoms with Crippen LogP contribution in [-0.2, 0) is 19.6 Å². The third kappa shape index (κ3) is 5.52. The summed E-state index contributed by atoms with van der Waals surface area (Å²) in [5.41, 5.74) is 0.199. The van der Waals surface area contributed by atoms with E-state index in [9.17, 15) is 18.0 Å². The molecular formula is C19H28N2O5S. The van der Waals surface area contributed by atoms with Gasteiger partial charge in [0.25, 0.3) is 5.91 Å². The molecule has 0 aliphatic carbocycles. The number of benzene rings is 1. The third-order valence-corrected chi connectivity index (χ3v) is 6.47. The molecule has 8 heteroatoms. The van der Waals surface area contributed by atoms with E-state index in [0.29, 0.717) is 19.0 Å². The summed E-state index contributed by atoms with van der Waals surface area (Å²) in [6.07, 6.45) is 0.763. The van der Waals surface area contributed by atoms with Gasteiger partial charge in [-0.2, -0.15) is 4.31 Å². The fourth-order valence-corrected chi connectivity index (χ4v) is 4.29. The zero-order chi connectivity index (χ0) is 20.2. The highest BCUT2D eigenvalue weighted by Crippen LogP contribution is 2.23. The second kappa shape index (κ2) is 8.84. The molecule has 1 aromatic rings. The molecule has 0 spiro atoms. The fraction of sp³-hybridized carbons (Fsp3) is 0.579. The van der Waals surface area contributed by atoms with Crippen molar-refractivity contribution in [1.29, 1.82) is 0 Å². The first-order chi connectivity index (χ1) is 12.6. The molecule has 0 unspecified atom stereocenters. The Morgan fingerprint density at radius 3 is 2.19 bits per heavy atom. The van der Waals surface area contributed by atoms with Crippen LogP contribution in [0.5, 0.6) is 0 Å². The molecule has 1 N–H and O–H groups in total. The van der Waals surface area contributed by atoms with Crippen LogP contribution >= 0.6 is 0 Å². The summed E-state index contributed by atoms with van der Waals surface area (Å²) in [6.45, 7) is 8.26. The average molecular weight is 397 g/mol. The highest BCUT2D eigenvalue weighted by Gasteiger charge is 2.28. The lowest BCUT2D eigenvalue weighted by molar-refractivity contribution is -0.129. The number of nitrogens with one attached hydrogen (secondary N) is 1. The van der Waals surface area contributed by atoms with Crippen LogP contribution in [0.2, 0.25) is 0 Å². The number of carbonyl (C=O) groups excluding carboxylic acids is 2. The van der Waals surface area contributed by atoms with Gasteiger partial charge in [0.15, 0.2) is 6.10 Å². The topological polar surface area (TPSA) is 92.8 Å². The van der Waals surface area contributed by atoms with Crippen LogP contribution in [0, 0.1) is 5.92 Å². The summed E-state index contributed by atoms with van der Waals surface area (Å²) in [4.78, 5) is 24.2. The number of carbonyl (C=O) groups is 2. The van der Waals surface area contributed by atoms with Crippen LogP contribution < -0.4 is 5.32 Å². The van der Waals surface area contributed by atoms with Crippen LogP contribution in [-0.4, -0.2) is 49.8 Å². The highest BCUT2D eigenvalue weighted by molar-refractivity contribution is 7.89. The molecule has 0 saturated carbocycles. The number of esters is 1. The Hall–Kier alpha value is -1.93. The highest BCUT2D eigenvalue weighted by atomic mass is 32.2. The van der Waals surface area contributed by atoms with Crippen LogP contribution in [0.15, 0.2) is 29.2 Å². The molecule has 1 aliphatic rings. The van der Waals surface area contributed by atoms with Crippen molar-refractivity contribution in [3.63, 3.8) is 0 Å². The Bertz CT molecular complexity index is 766. The van der Waals surface area contributed by atoms with Gasteiger partial charge in [-0.05, 0) is 63.8 Å². The van der Waals surface area contributed by atoms with Crippen molar-refractivity contribution in [3.8, 4) is 0 Å². The second-order valence-electron chi connectivity index (χ2n) is 7.32. The first-order valence-corrected chi connectivity index (χ1v) is 10.7. The van der Waals surface area contributed by atoms with Crippen molar-refractivity contribution >= 4 is 21.9 Å². The van der Waals surface area contributed by atoms with Gasteiger partial charge < -0.3 is 10.1 Å². The summed E-state index contributed by atoms with van der Waals surface area (Å²) < 4.78 is 32.0. The Kier molecular flexibility index (Phi) is 7.00. The summed E-state index contributed by atoms with van der Waals surface area (Å²) >= 11 is 0. The van der Waals surface area contributed by atoms with Crippen molar-refractivity contribution in [3.05, 3.63) is 29.8 Å². The van der Waals surface area contributed by atoms with Crippen LogP contribution in [0.25, 0.3) is 0 Å². The molecule has 27 heavy (non-hydrogen) atoms. The Labute approximate surface area is 161 Å². The molecular weight excluding hydrogens is 368 g/mol. The Balaban J connectivity index is 2.03. The lowest BCUT2D eigenvalue weighted by Gasteiger charge is -2.29. The quantitative estimate of drug-likeness (QED) is 0.744. The third-order valence-electron chi connectivity index (χ3n) is 4.55. The van der Waals surface area contributed by atoms with E-state index in [0.717, 1.165) is 12.8 Å². The van der Waals surface area contributed by atoms with E-state index in [1.54, 1.807) is 0 Å². The number of nitrogens with zero attached hydrogens (tertiary/aromatic N) is 1. The number of hydrogen-bond donors (Lipinski definition) is 1. The van der Waals surface area contributed by atoms with E-state index in [1.807, 2.05) is 13.8 Å². The fourth-order valence-electron chi connectivity index (χ4n) is 2.82. The number of piperidine rings is 1. The predicted molar refractivity (Wildman–Crippen MR) is 102 cm³/mol. The second-order valence-corrected chi connectivity index (χ2v) is 9.26. The SMILES string of the molecule is CC1CCN(S(=O)(=O)c2ccc(C(=O)O[C@@H](C)C(=O)NC(C)C)cc2)CC1. The van der Waals surface area contributed by atoms with Gasteiger partial charge in [-0.15, -0.1) is 0 Å². The average Bonchev–Trinajstić information content (AvgIpc) is 2.61. The molecule has 2 rings (SSSR count). The number of sulfonamides is 1. The number of amides is 1. The first kappa shape index (κ1) is 21.4. The molecule has 0 radical (unpaired) electrons. The molecule has 1 fully saturated rings. The molecule has 1 aromatic carbocycles. The van der Waals surface area contributed by atoms with Gasteiger partial charge in [0.1, 0.15) is 0 Å². The number of rotatable bonds is 6. The minimum absolute atomic E-state index is 0.0547. The molecule has 1 aliphatic heterocycles. The normalized spacial score (nSPS) is 17.5.